The molecule has 0 radical (unpaired) electrons. The lowest BCUT2D eigenvalue weighted by molar-refractivity contribution is -0.0413. The van der Waals surface area contributed by atoms with Crippen molar-refractivity contribution < 1.29 is 9.47 Å². The van der Waals surface area contributed by atoms with Crippen LogP contribution < -0.4 is 4.90 Å². The third kappa shape index (κ3) is 3.91. The molecule has 176 valence electrons. The molecule has 0 N–H and O–H groups in total. The van der Waals surface area contributed by atoms with Gasteiger partial charge in [-0.05, 0) is 72.3 Å². The summed E-state index contributed by atoms with van der Waals surface area (Å²) < 4.78 is 14.0. The van der Waals surface area contributed by atoms with Crippen LogP contribution in [0.1, 0.15) is 11.2 Å². The average Bonchev–Trinajstić information content (AvgIpc) is 3.70. The Morgan fingerprint density at radius 2 is 1.22 bits per heavy atom. The number of benzene rings is 4. The Balaban J connectivity index is 1.34. The van der Waals surface area contributed by atoms with Crippen molar-refractivity contribution in [2.45, 2.75) is 6.29 Å². The topological polar surface area (TPSA) is 21.7 Å². The standard InChI is InChI=1S/C31H23NO2S2/c1-3-7-22(8-4-1)32(23-9-5-2-6-10-23)24-12-14-29-26(20-24)25-19-21(11-13-28(25)36-29)27-15-16-30(35-27)31-33-17-18-34-31/h1-16,19-20,31H,17-18H2. The minimum absolute atomic E-state index is 0.223. The number of thiophene rings is 2. The van der Waals surface area contributed by atoms with Gasteiger partial charge in [-0.1, -0.05) is 42.5 Å². The van der Waals surface area contributed by atoms with E-state index in [4.69, 9.17) is 9.47 Å². The minimum atomic E-state index is -0.223. The monoisotopic (exact) mass is 505 g/mol. The maximum atomic E-state index is 5.70. The molecule has 1 aliphatic rings. The average molecular weight is 506 g/mol. The zero-order valence-corrected chi connectivity index (χ0v) is 21.1. The second-order valence-corrected chi connectivity index (χ2v) is 11.0. The predicted molar refractivity (Wildman–Crippen MR) is 152 cm³/mol. The van der Waals surface area contributed by atoms with Gasteiger partial charge >= 0.3 is 0 Å². The number of fused-ring (bicyclic) bond motifs is 3. The molecule has 0 aliphatic carbocycles. The van der Waals surface area contributed by atoms with Gasteiger partial charge in [-0.3, -0.25) is 0 Å². The second kappa shape index (κ2) is 9.19. The Morgan fingerprint density at radius 3 is 1.92 bits per heavy atom. The van der Waals surface area contributed by atoms with Crippen LogP contribution in [0, 0.1) is 0 Å². The van der Waals surface area contributed by atoms with E-state index in [1.807, 2.05) is 11.3 Å². The number of anilines is 3. The van der Waals surface area contributed by atoms with Gasteiger partial charge in [-0.2, -0.15) is 0 Å². The molecule has 0 saturated carbocycles. The molecule has 0 bridgehead atoms. The molecule has 0 atom stereocenters. The summed E-state index contributed by atoms with van der Waals surface area (Å²) in [6.07, 6.45) is -0.223. The molecule has 6 aromatic rings. The van der Waals surface area contributed by atoms with Crippen molar-refractivity contribution >= 4 is 59.9 Å². The van der Waals surface area contributed by atoms with E-state index in [1.165, 1.54) is 30.6 Å². The third-order valence-electron chi connectivity index (χ3n) is 6.51. The first kappa shape index (κ1) is 21.8. The maximum Gasteiger partial charge on any atom is 0.193 e. The van der Waals surface area contributed by atoms with Crippen LogP contribution in [0.3, 0.4) is 0 Å². The van der Waals surface area contributed by atoms with Crippen molar-refractivity contribution in [1.29, 1.82) is 0 Å². The first-order valence-electron chi connectivity index (χ1n) is 12.0. The molecule has 1 saturated heterocycles. The normalized spacial score (nSPS) is 14.1. The summed E-state index contributed by atoms with van der Waals surface area (Å²) >= 11 is 3.60. The molecule has 36 heavy (non-hydrogen) atoms. The van der Waals surface area contributed by atoms with Crippen LogP contribution in [0.2, 0.25) is 0 Å². The molecule has 7 rings (SSSR count). The first-order valence-corrected chi connectivity index (χ1v) is 13.7. The smallest absolute Gasteiger partial charge is 0.193 e. The van der Waals surface area contributed by atoms with Gasteiger partial charge in [0.1, 0.15) is 0 Å². The van der Waals surface area contributed by atoms with Crippen molar-refractivity contribution in [3.63, 3.8) is 0 Å². The Labute approximate surface area is 217 Å². The zero-order chi connectivity index (χ0) is 23.9. The number of ether oxygens (including phenoxy) is 2. The van der Waals surface area contributed by atoms with Gasteiger partial charge in [0.25, 0.3) is 0 Å². The van der Waals surface area contributed by atoms with Crippen LogP contribution in [0.5, 0.6) is 0 Å². The summed E-state index contributed by atoms with van der Waals surface area (Å²) in [4.78, 5) is 4.68. The van der Waals surface area contributed by atoms with Crippen LogP contribution in [0.4, 0.5) is 17.1 Å². The molecule has 1 fully saturated rings. The van der Waals surface area contributed by atoms with E-state index in [9.17, 15) is 0 Å². The van der Waals surface area contributed by atoms with Gasteiger partial charge in [-0.25, -0.2) is 0 Å². The molecule has 5 heteroatoms. The lowest BCUT2D eigenvalue weighted by Crippen LogP contribution is -2.09. The van der Waals surface area contributed by atoms with Crippen molar-refractivity contribution in [2.24, 2.45) is 0 Å². The number of para-hydroxylation sites is 2. The van der Waals surface area contributed by atoms with E-state index in [0.29, 0.717) is 13.2 Å². The molecule has 0 amide bonds. The number of hydrogen-bond acceptors (Lipinski definition) is 5. The van der Waals surface area contributed by atoms with Gasteiger partial charge in [0.2, 0.25) is 0 Å². The van der Waals surface area contributed by atoms with E-state index in [1.54, 1.807) is 11.3 Å². The van der Waals surface area contributed by atoms with Crippen molar-refractivity contribution in [3.05, 3.63) is 114 Å². The lowest BCUT2D eigenvalue weighted by Gasteiger charge is -2.25. The van der Waals surface area contributed by atoms with Gasteiger partial charge in [0.05, 0.1) is 18.1 Å². The van der Waals surface area contributed by atoms with Crippen LogP contribution in [0.15, 0.2) is 109 Å². The molecule has 0 unspecified atom stereocenters. The largest absolute Gasteiger partial charge is 0.345 e. The molecule has 2 aromatic heterocycles. The van der Waals surface area contributed by atoms with E-state index in [2.05, 4.69) is 114 Å². The predicted octanol–water partition coefficient (Wildman–Crippen LogP) is 9.30. The fraction of sp³-hybridized carbons (Fsp3) is 0.0968. The van der Waals surface area contributed by atoms with Crippen LogP contribution in [-0.2, 0) is 9.47 Å². The van der Waals surface area contributed by atoms with E-state index < -0.39 is 0 Å². The van der Waals surface area contributed by atoms with Gasteiger partial charge in [0, 0.05) is 42.1 Å². The molecule has 3 nitrogen and oxygen atoms in total. The first-order chi connectivity index (χ1) is 17.8. The Bertz CT molecular complexity index is 1610. The molecule has 0 spiro atoms. The summed E-state index contributed by atoms with van der Waals surface area (Å²) in [5, 5.41) is 2.57. The third-order valence-corrected chi connectivity index (χ3v) is 8.81. The van der Waals surface area contributed by atoms with Crippen LogP contribution in [0.25, 0.3) is 30.6 Å². The van der Waals surface area contributed by atoms with Crippen molar-refractivity contribution in [2.75, 3.05) is 18.1 Å². The summed E-state index contributed by atoms with van der Waals surface area (Å²) in [6.45, 7) is 1.33. The van der Waals surface area contributed by atoms with E-state index >= 15 is 0 Å². The highest BCUT2D eigenvalue weighted by atomic mass is 32.1. The zero-order valence-electron chi connectivity index (χ0n) is 19.5. The van der Waals surface area contributed by atoms with Crippen molar-refractivity contribution in [1.82, 2.24) is 0 Å². The molecule has 3 heterocycles. The van der Waals surface area contributed by atoms with Crippen LogP contribution >= 0.6 is 22.7 Å². The fourth-order valence-electron chi connectivity index (χ4n) is 4.82. The van der Waals surface area contributed by atoms with Crippen molar-refractivity contribution in [3.8, 4) is 10.4 Å². The summed E-state index contributed by atoms with van der Waals surface area (Å²) in [7, 11) is 0. The molecular formula is C31H23NO2S2. The highest BCUT2D eigenvalue weighted by Gasteiger charge is 2.21. The number of nitrogens with zero attached hydrogens (tertiary/aromatic N) is 1. The molecular weight excluding hydrogens is 482 g/mol. The second-order valence-electron chi connectivity index (χ2n) is 8.78. The van der Waals surface area contributed by atoms with Gasteiger partial charge in [-0.15, -0.1) is 22.7 Å². The molecule has 1 aliphatic heterocycles. The number of hydrogen-bond donors (Lipinski definition) is 0. The Kier molecular flexibility index (Phi) is 5.56. The summed E-state index contributed by atoms with van der Waals surface area (Å²) in [6, 6.07) is 39.1. The van der Waals surface area contributed by atoms with E-state index in [-0.39, 0.29) is 6.29 Å². The SMILES string of the molecule is c1ccc(N(c2ccccc2)c2ccc3sc4ccc(-c5ccc(C6OCCO6)s5)cc4c3c2)cc1. The number of rotatable bonds is 5. The van der Waals surface area contributed by atoms with Crippen LogP contribution in [-0.4, -0.2) is 13.2 Å². The quantitative estimate of drug-likeness (QED) is 0.233. The highest BCUT2D eigenvalue weighted by Crippen LogP contribution is 2.42. The van der Waals surface area contributed by atoms with Gasteiger partial charge in [0.15, 0.2) is 6.29 Å². The summed E-state index contributed by atoms with van der Waals surface area (Å²) in [5.41, 5.74) is 4.67. The lowest BCUT2D eigenvalue weighted by atomic mass is 10.1. The fourth-order valence-corrected chi connectivity index (χ4v) is 6.89. The van der Waals surface area contributed by atoms with Gasteiger partial charge < -0.3 is 14.4 Å². The minimum Gasteiger partial charge on any atom is -0.345 e. The molecule has 4 aromatic carbocycles. The maximum absolute atomic E-state index is 5.70. The Hall–Kier alpha value is -3.48. The summed E-state index contributed by atoms with van der Waals surface area (Å²) in [5.74, 6) is 0. The highest BCUT2D eigenvalue weighted by molar-refractivity contribution is 7.25. The Morgan fingerprint density at radius 1 is 0.583 bits per heavy atom. The van der Waals surface area contributed by atoms with E-state index in [0.717, 1.165) is 21.9 Å².